The van der Waals surface area contributed by atoms with E-state index in [0.717, 1.165) is 18.2 Å². The van der Waals surface area contributed by atoms with Gasteiger partial charge in [-0.05, 0) is 30.3 Å². The average molecular weight is 456 g/mol. The van der Waals surface area contributed by atoms with E-state index in [1.54, 1.807) is 0 Å². The van der Waals surface area contributed by atoms with E-state index in [1.807, 2.05) is 4.72 Å². The molecule has 0 amide bonds. The van der Waals surface area contributed by atoms with Crippen molar-refractivity contribution in [3.8, 4) is 0 Å². The number of H-pyrrole nitrogens is 1. The first kappa shape index (κ1) is 21.1. The minimum atomic E-state index is -4.62. The van der Waals surface area contributed by atoms with Crippen molar-refractivity contribution in [1.29, 1.82) is 0 Å². The minimum Gasteiger partial charge on any atom is -0.345 e. The molecule has 32 heavy (non-hydrogen) atoms. The molecule has 11 heteroatoms. The SMILES string of the molecule is [C-]#[N+]c1cnc2[nH]cc(C(=O)c3cccc(NS(=O)(=O)c4ccc(F)cc4F)c3F)c2c1. The molecule has 160 valence electrons. The quantitative estimate of drug-likeness (QED) is 0.340. The van der Waals surface area contributed by atoms with Crippen LogP contribution in [0.3, 0.4) is 0 Å². The number of pyridine rings is 1. The summed E-state index contributed by atoms with van der Waals surface area (Å²) in [4.78, 5) is 22.1. The topological polar surface area (TPSA) is 96.3 Å². The summed E-state index contributed by atoms with van der Waals surface area (Å²) in [6.45, 7) is 7.07. The summed E-state index contributed by atoms with van der Waals surface area (Å²) >= 11 is 0. The van der Waals surface area contributed by atoms with Crippen molar-refractivity contribution in [2.75, 3.05) is 4.72 Å². The molecule has 0 radical (unpaired) electrons. The van der Waals surface area contributed by atoms with Gasteiger partial charge in [0.25, 0.3) is 10.0 Å². The third kappa shape index (κ3) is 3.67. The lowest BCUT2D eigenvalue weighted by molar-refractivity contribution is 0.103. The molecule has 7 nitrogen and oxygen atoms in total. The van der Waals surface area contributed by atoms with Crippen molar-refractivity contribution in [3.05, 3.63) is 94.9 Å². The molecule has 2 aromatic carbocycles. The summed E-state index contributed by atoms with van der Waals surface area (Å²) < 4.78 is 68.9. The van der Waals surface area contributed by atoms with Crippen LogP contribution >= 0.6 is 0 Å². The molecule has 4 rings (SSSR count). The lowest BCUT2D eigenvalue weighted by Crippen LogP contribution is -2.17. The zero-order valence-corrected chi connectivity index (χ0v) is 16.7. The fourth-order valence-electron chi connectivity index (χ4n) is 3.07. The second-order valence-electron chi connectivity index (χ2n) is 6.58. The van der Waals surface area contributed by atoms with Gasteiger partial charge in [0.05, 0.1) is 17.8 Å². The van der Waals surface area contributed by atoms with E-state index < -0.39 is 49.4 Å². The Labute approximate surface area is 179 Å². The highest BCUT2D eigenvalue weighted by Crippen LogP contribution is 2.28. The van der Waals surface area contributed by atoms with E-state index in [1.165, 1.54) is 24.5 Å². The number of nitrogens with zero attached hydrogens (tertiary/aromatic N) is 2. The van der Waals surface area contributed by atoms with Gasteiger partial charge in [-0.25, -0.2) is 26.4 Å². The molecule has 4 aromatic rings. The second kappa shape index (κ2) is 7.82. The van der Waals surface area contributed by atoms with Crippen LogP contribution in [0.5, 0.6) is 0 Å². The molecule has 0 saturated carbocycles. The van der Waals surface area contributed by atoms with Crippen LogP contribution in [-0.4, -0.2) is 24.2 Å². The summed E-state index contributed by atoms with van der Waals surface area (Å²) in [5, 5.41) is 0.294. The van der Waals surface area contributed by atoms with Crippen LogP contribution in [0.1, 0.15) is 15.9 Å². The molecule has 0 unspecified atom stereocenters. The second-order valence-corrected chi connectivity index (χ2v) is 8.23. The fourth-order valence-corrected chi connectivity index (χ4v) is 4.19. The number of carbonyl (C=O) groups excluding carboxylic acids is 1. The van der Waals surface area contributed by atoms with Gasteiger partial charge in [0, 0.05) is 29.4 Å². The molecular weight excluding hydrogens is 445 g/mol. The van der Waals surface area contributed by atoms with Gasteiger partial charge in [0.15, 0.2) is 11.6 Å². The van der Waals surface area contributed by atoms with E-state index in [0.29, 0.717) is 23.2 Å². The van der Waals surface area contributed by atoms with Gasteiger partial charge in [-0.15, -0.1) is 0 Å². The number of hydrogen-bond acceptors (Lipinski definition) is 4. The van der Waals surface area contributed by atoms with Crippen molar-refractivity contribution in [2.24, 2.45) is 0 Å². The van der Waals surface area contributed by atoms with E-state index in [4.69, 9.17) is 6.57 Å². The van der Waals surface area contributed by atoms with Crippen molar-refractivity contribution >= 4 is 38.2 Å². The number of sulfonamides is 1. The number of rotatable bonds is 5. The maximum atomic E-state index is 15.1. The van der Waals surface area contributed by atoms with Gasteiger partial charge in [-0.1, -0.05) is 6.07 Å². The van der Waals surface area contributed by atoms with Gasteiger partial charge in [0.1, 0.15) is 22.2 Å². The van der Waals surface area contributed by atoms with E-state index in [-0.39, 0.29) is 11.3 Å². The third-order valence-electron chi connectivity index (χ3n) is 4.56. The molecule has 0 aliphatic heterocycles. The van der Waals surface area contributed by atoms with Crippen LogP contribution in [0.15, 0.2) is 59.8 Å². The Morgan fingerprint density at radius 2 is 1.88 bits per heavy atom. The lowest BCUT2D eigenvalue weighted by Gasteiger charge is -2.11. The Balaban J connectivity index is 1.73. The first-order chi connectivity index (χ1) is 15.2. The molecular formula is C21H11F3N4O3S. The molecule has 0 saturated heterocycles. The molecule has 0 aliphatic rings. The molecule has 0 atom stereocenters. The summed E-state index contributed by atoms with van der Waals surface area (Å²) in [5.41, 5.74) is -0.543. The van der Waals surface area contributed by atoms with E-state index in [2.05, 4.69) is 14.8 Å². The van der Waals surface area contributed by atoms with Crippen LogP contribution in [0.2, 0.25) is 0 Å². The Morgan fingerprint density at radius 3 is 2.59 bits per heavy atom. The number of ketones is 1. The molecule has 2 heterocycles. The third-order valence-corrected chi connectivity index (χ3v) is 5.96. The van der Waals surface area contributed by atoms with Gasteiger partial charge in [0.2, 0.25) is 5.69 Å². The number of benzene rings is 2. The highest BCUT2D eigenvalue weighted by Gasteiger charge is 2.24. The first-order valence-corrected chi connectivity index (χ1v) is 10.4. The Kier molecular flexibility index (Phi) is 5.15. The zero-order chi connectivity index (χ0) is 23.0. The van der Waals surface area contributed by atoms with Crippen molar-refractivity contribution in [1.82, 2.24) is 9.97 Å². The zero-order valence-electron chi connectivity index (χ0n) is 15.9. The van der Waals surface area contributed by atoms with Crippen molar-refractivity contribution < 1.29 is 26.4 Å². The maximum absolute atomic E-state index is 15.1. The lowest BCUT2D eigenvalue weighted by atomic mass is 10.0. The Bertz CT molecular complexity index is 1540. The van der Waals surface area contributed by atoms with E-state index >= 15 is 4.39 Å². The number of anilines is 1. The predicted molar refractivity (Wildman–Crippen MR) is 109 cm³/mol. The molecule has 0 fully saturated rings. The van der Waals surface area contributed by atoms with Crippen LogP contribution in [0.4, 0.5) is 24.5 Å². The summed E-state index contributed by atoms with van der Waals surface area (Å²) in [6, 6.07) is 6.70. The van der Waals surface area contributed by atoms with Crippen LogP contribution < -0.4 is 4.72 Å². The number of carbonyl (C=O) groups is 1. The maximum Gasteiger partial charge on any atom is 0.264 e. The fraction of sp³-hybridized carbons (Fsp3) is 0. The number of aromatic nitrogens is 2. The largest absolute Gasteiger partial charge is 0.345 e. The standard InChI is InChI=1S/C21H11F3N4O3S/c1-25-12-8-14-15(10-27-21(14)26-9-12)20(29)13-3-2-4-17(19(13)24)28-32(30,31)18-6-5-11(22)7-16(18)23/h2-10,28H,(H,26,27). The number of aromatic amines is 1. The molecule has 0 aliphatic carbocycles. The molecule has 2 N–H and O–H groups in total. The average Bonchev–Trinajstić information content (AvgIpc) is 3.17. The Hall–Kier alpha value is -4.17. The van der Waals surface area contributed by atoms with Gasteiger partial charge in [-0.3, -0.25) is 14.5 Å². The van der Waals surface area contributed by atoms with Gasteiger partial charge in [-0.2, -0.15) is 0 Å². The van der Waals surface area contributed by atoms with Gasteiger partial charge >= 0.3 is 0 Å². The number of nitrogens with one attached hydrogen (secondary N) is 2. The van der Waals surface area contributed by atoms with Crippen LogP contribution in [0, 0.1) is 24.0 Å². The summed E-state index contributed by atoms with van der Waals surface area (Å²) in [7, 11) is -4.62. The number of hydrogen-bond donors (Lipinski definition) is 2. The molecule has 0 spiro atoms. The van der Waals surface area contributed by atoms with Crippen molar-refractivity contribution in [3.63, 3.8) is 0 Å². The summed E-state index contributed by atoms with van der Waals surface area (Å²) in [5.74, 6) is -4.30. The predicted octanol–water partition coefficient (Wildman–Crippen LogP) is 4.56. The first-order valence-electron chi connectivity index (χ1n) is 8.87. The number of halogens is 3. The highest BCUT2D eigenvalue weighted by atomic mass is 32.2. The minimum absolute atomic E-state index is 0.0292. The van der Waals surface area contributed by atoms with Gasteiger partial charge < -0.3 is 4.98 Å². The smallest absolute Gasteiger partial charge is 0.264 e. The Morgan fingerprint density at radius 1 is 1.09 bits per heavy atom. The molecule has 0 bridgehead atoms. The highest BCUT2D eigenvalue weighted by molar-refractivity contribution is 7.92. The summed E-state index contributed by atoms with van der Waals surface area (Å²) in [6.07, 6.45) is 2.61. The number of fused-ring (bicyclic) bond motifs is 1. The monoisotopic (exact) mass is 456 g/mol. The van der Waals surface area contributed by atoms with Crippen molar-refractivity contribution in [2.45, 2.75) is 4.90 Å². The normalized spacial score (nSPS) is 11.3. The molecule has 2 aromatic heterocycles. The van der Waals surface area contributed by atoms with Crippen LogP contribution in [-0.2, 0) is 10.0 Å². The van der Waals surface area contributed by atoms with E-state index in [9.17, 15) is 22.0 Å². The van der Waals surface area contributed by atoms with Crippen LogP contribution in [0.25, 0.3) is 15.9 Å².